The first-order valence-corrected chi connectivity index (χ1v) is 7.25. The minimum absolute atomic E-state index is 0.146. The second kappa shape index (κ2) is 6.96. The first-order chi connectivity index (χ1) is 10.4. The molecule has 0 saturated heterocycles. The summed E-state index contributed by atoms with van der Waals surface area (Å²) in [6, 6.07) is 5.37. The number of rotatable bonds is 6. The molecular weight excluding hydrogens is 291 g/mol. The van der Waals surface area contributed by atoms with Crippen LogP contribution in [0.2, 0.25) is 0 Å². The molecule has 2 rings (SSSR count). The van der Waals surface area contributed by atoms with Crippen LogP contribution in [-0.4, -0.2) is 9.97 Å². The smallest absolute Gasteiger partial charge is 0.348 e. The molecule has 1 atom stereocenters. The van der Waals surface area contributed by atoms with Crippen LogP contribution in [0.5, 0.6) is 0 Å². The molecule has 0 amide bonds. The molecule has 0 aliphatic heterocycles. The molecule has 1 unspecified atom stereocenters. The Balaban J connectivity index is 2.17. The molecule has 0 bridgehead atoms. The first kappa shape index (κ1) is 16.5. The maximum Gasteiger partial charge on any atom is 0.416 e. The number of hydrogen-bond donors (Lipinski definition) is 2. The average molecular weight is 311 g/mol. The predicted molar refractivity (Wildman–Crippen MR) is 79.1 cm³/mol. The van der Waals surface area contributed by atoms with E-state index in [4.69, 9.17) is 0 Å². The highest BCUT2D eigenvalue weighted by Gasteiger charge is 2.31. The number of nitrogens with one attached hydrogen (secondary N) is 2. The number of H-pyrrole nitrogens is 1. The SMILES string of the molecule is CC(C)CC(NCc1ncc[nH]1)c1cccc(C(F)(F)F)c1. The van der Waals surface area contributed by atoms with Crippen LogP contribution in [0.3, 0.4) is 0 Å². The molecule has 22 heavy (non-hydrogen) atoms. The lowest BCUT2D eigenvalue weighted by Crippen LogP contribution is -2.23. The summed E-state index contributed by atoms with van der Waals surface area (Å²) in [7, 11) is 0. The minimum atomic E-state index is -4.32. The van der Waals surface area contributed by atoms with Gasteiger partial charge in [0.25, 0.3) is 0 Å². The zero-order valence-corrected chi connectivity index (χ0v) is 12.6. The van der Waals surface area contributed by atoms with E-state index < -0.39 is 11.7 Å². The van der Waals surface area contributed by atoms with Crippen LogP contribution < -0.4 is 5.32 Å². The fraction of sp³-hybridized carbons (Fsp3) is 0.438. The Kier molecular flexibility index (Phi) is 5.24. The van der Waals surface area contributed by atoms with Crippen molar-refractivity contribution in [2.24, 2.45) is 5.92 Å². The Labute approximate surface area is 128 Å². The Hall–Kier alpha value is -1.82. The molecule has 2 N–H and O–H groups in total. The van der Waals surface area contributed by atoms with E-state index in [-0.39, 0.29) is 6.04 Å². The van der Waals surface area contributed by atoms with Gasteiger partial charge in [-0.15, -0.1) is 0 Å². The summed E-state index contributed by atoms with van der Waals surface area (Å²) in [5.74, 6) is 1.13. The fourth-order valence-corrected chi connectivity index (χ4v) is 2.35. The molecule has 120 valence electrons. The lowest BCUT2D eigenvalue weighted by atomic mass is 9.95. The molecule has 0 radical (unpaired) electrons. The lowest BCUT2D eigenvalue weighted by molar-refractivity contribution is -0.137. The number of benzene rings is 1. The predicted octanol–water partition coefficient (Wildman–Crippen LogP) is 4.31. The summed E-state index contributed by atoms with van der Waals surface area (Å²) in [6.07, 6.45) is -0.196. The molecule has 1 heterocycles. The van der Waals surface area contributed by atoms with Gasteiger partial charge in [0.15, 0.2) is 0 Å². The molecule has 1 aromatic heterocycles. The van der Waals surface area contributed by atoms with Crippen molar-refractivity contribution < 1.29 is 13.2 Å². The number of hydrogen-bond acceptors (Lipinski definition) is 2. The van der Waals surface area contributed by atoms with Crippen molar-refractivity contribution >= 4 is 0 Å². The third-order valence-corrected chi connectivity index (χ3v) is 3.39. The quantitative estimate of drug-likeness (QED) is 0.835. The van der Waals surface area contributed by atoms with Crippen LogP contribution in [0.15, 0.2) is 36.7 Å². The number of halogens is 3. The Bertz CT molecular complexity index is 577. The topological polar surface area (TPSA) is 40.7 Å². The van der Waals surface area contributed by atoms with Gasteiger partial charge in [0.2, 0.25) is 0 Å². The van der Waals surface area contributed by atoms with Gasteiger partial charge in [-0.05, 0) is 30.0 Å². The Morgan fingerprint density at radius 3 is 2.64 bits per heavy atom. The molecule has 2 aromatic rings. The summed E-state index contributed by atoms with van der Waals surface area (Å²) in [5, 5.41) is 3.29. The second-order valence-corrected chi connectivity index (χ2v) is 5.72. The minimum Gasteiger partial charge on any atom is -0.348 e. The van der Waals surface area contributed by atoms with Crippen LogP contribution >= 0.6 is 0 Å². The molecule has 0 aliphatic carbocycles. The molecular formula is C16H20F3N3. The van der Waals surface area contributed by atoms with Gasteiger partial charge in [-0.2, -0.15) is 13.2 Å². The van der Waals surface area contributed by atoms with Crippen LogP contribution in [0.25, 0.3) is 0 Å². The van der Waals surface area contributed by atoms with Crippen molar-refractivity contribution in [1.29, 1.82) is 0 Å². The Morgan fingerprint density at radius 1 is 1.27 bits per heavy atom. The summed E-state index contributed by atoms with van der Waals surface area (Å²) < 4.78 is 38.6. The van der Waals surface area contributed by atoms with Crippen LogP contribution in [0.4, 0.5) is 13.2 Å². The highest BCUT2D eigenvalue weighted by atomic mass is 19.4. The van der Waals surface area contributed by atoms with Crippen molar-refractivity contribution in [3.63, 3.8) is 0 Å². The van der Waals surface area contributed by atoms with Crippen molar-refractivity contribution in [1.82, 2.24) is 15.3 Å². The van der Waals surface area contributed by atoms with Gasteiger partial charge in [-0.25, -0.2) is 4.98 Å². The van der Waals surface area contributed by atoms with Gasteiger partial charge in [0, 0.05) is 18.4 Å². The highest BCUT2D eigenvalue weighted by molar-refractivity contribution is 5.28. The third kappa shape index (κ3) is 4.59. The fourth-order valence-electron chi connectivity index (χ4n) is 2.35. The highest BCUT2D eigenvalue weighted by Crippen LogP contribution is 2.32. The largest absolute Gasteiger partial charge is 0.416 e. The molecule has 0 fully saturated rings. The molecule has 0 spiro atoms. The van der Waals surface area contributed by atoms with E-state index in [0.29, 0.717) is 18.0 Å². The number of imidazole rings is 1. The zero-order valence-electron chi connectivity index (χ0n) is 12.6. The van der Waals surface area contributed by atoms with Crippen molar-refractivity contribution in [3.8, 4) is 0 Å². The summed E-state index contributed by atoms with van der Waals surface area (Å²) in [6.45, 7) is 4.59. The summed E-state index contributed by atoms with van der Waals surface area (Å²) >= 11 is 0. The van der Waals surface area contributed by atoms with Crippen molar-refractivity contribution in [3.05, 3.63) is 53.6 Å². The van der Waals surface area contributed by atoms with Crippen LogP contribution in [0.1, 0.15) is 43.3 Å². The van der Waals surface area contributed by atoms with Gasteiger partial charge in [-0.1, -0.05) is 26.0 Å². The number of aromatic nitrogens is 2. The molecule has 0 saturated carbocycles. The monoisotopic (exact) mass is 311 g/mol. The van der Waals surface area contributed by atoms with E-state index in [9.17, 15) is 13.2 Å². The van der Waals surface area contributed by atoms with Crippen LogP contribution in [-0.2, 0) is 12.7 Å². The van der Waals surface area contributed by atoms with Gasteiger partial charge in [-0.3, -0.25) is 0 Å². The van der Waals surface area contributed by atoms with E-state index >= 15 is 0 Å². The maximum atomic E-state index is 12.9. The number of aromatic amines is 1. The van der Waals surface area contributed by atoms with E-state index in [1.807, 2.05) is 0 Å². The van der Waals surface area contributed by atoms with E-state index in [0.717, 1.165) is 18.3 Å². The Morgan fingerprint density at radius 2 is 2.05 bits per heavy atom. The van der Waals surface area contributed by atoms with Crippen molar-refractivity contribution in [2.75, 3.05) is 0 Å². The normalized spacial score (nSPS) is 13.5. The van der Waals surface area contributed by atoms with Crippen molar-refractivity contribution in [2.45, 2.75) is 39.0 Å². The van der Waals surface area contributed by atoms with Crippen LogP contribution in [0, 0.1) is 5.92 Å². The average Bonchev–Trinajstić information content (AvgIpc) is 2.95. The maximum absolute atomic E-state index is 12.9. The molecule has 3 nitrogen and oxygen atoms in total. The number of alkyl halides is 3. The van der Waals surface area contributed by atoms with E-state index in [1.165, 1.54) is 12.1 Å². The molecule has 0 aliphatic rings. The molecule has 1 aromatic carbocycles. The first-order valence-electron chi connectivity index (χ1n) is 7.25. The third-order valence-electron chi connectivity index (χ3n) is 3.39. The summed E-state index contributed by atoms with van der Waals surface area (Å²) in [4.78, 5) is 7.10. The van der Waals surface area contributed by atoms with Gasteiger partial charge >= 0.3 is 6.18 Å². The summed E-state index contributed by atoms with van der Waals surface area (Å²) in [5.41, 5.74) is 0.0358. The lowest BCUT2D eigenvalue weighted by Gasteiger charge is -2.22. The zero-order chi connectivity index (χ0) is 16.2. The van der Waals surface area contributed by atoms with Gasteiger partial charge < -0.3 is 10.3 Å². The second-order valence-electron chi connectivity index (χ2n) is 5.72. The number of nitrogens with zero attached hydrogens (tertiary/aromatic N) is 1. The van der Waals surface area contributed by atoms with E-state index in [2.05, 4.69) is 29.1 Å². The van der Waals surface area contributed by atoms with Gasteiger partial charge in [0.05, 0.1) is 12.1 Å². The van der Waals surface area contributed by atoms with E-state index in [1.54, 1.807) is 18.5 Å². The molecule has 6 heteroatoms. The van der Waals surface area contributed by atoms with Gasteiger partial charge in [0.1, 0.15) is 5.82 Å². The standard InChI is InChI=1S/C16H20F3N3/c1-11(2)8-14(22-10-15-20-6-7-21-15)12-4-3-5-13(9-12)16(17,18)19/h3-7,9,11,14,22H,8,10H2,1-2H3,(H,20,21).